The van der Waals surface area contributed by atoms with Crippen LogP contribution in [0.1, 0.15) is 11.3 Å². The zero-order chi connectivity index (χ0) is 15.5. The average Bonchev–Trinajstić information content (AvgIpc) is 2.52. The summed E-state index contributed by atoms with van der Waals surface area (Å²) in [6.45, 7) is 1.96. The predicted octanol–water partition coefficient (Wildman–Crippen LogP) is 5.88. The standard InChI is InChI=1S/C18H15BrClNO/c1-12-17(11-14-5-2-3-7-15(14)21-12)22-16-8-4-6-13(9-10-20)18(16)19/h2-8,11H,9-10H2,1H3. The fraction of sp³-hybridized carbons (Fsp3) is 0.167. The molecule has 3 aromatic rings. The number of ether oxygens (including phenoxy) is 1. The van der Waals surface area contributed by atoms with E-state index in [2.05, 4.69) is 20.9 Å². The Kier molecular flexibility index (Phi) is 4.65. The van der Waals surface area contributed by atoms with Crippen LogP contribution >= 0.6 is 27.5 Å². The number of aromatic nitrogens is 1. The molecule has 0 aliphatic carbocycles. The van der Waals surface area contributed by atoms with E-state index in [1.54, 1.807) is 0 Å². The molecule has 0 saturated carbocycles. The lowest BCUT2D eigenvalue weighted by molar-refractivity contribution is 0.473. The quantitative estimate of drug-likeness (QED) is 0.530. The molecule has 0 N–H and O–H groups in total. The topological polar surface area (TPSA) is 22.1 Å². The van der Waals surface area contributed by atoms with Crippen molar-refractivity contribution in [2.45, 2.75) is 13.3 Å². The van der Waals surface area contributed by atoms with Crippen molar-refractivity contribution in [3.63, 3.8) is 0 Å². The number of aryl methyl sites for hydroxylation is 2. The van der Waals surface area contributed by atoms with Gasteiger partial charge in [0.2, 0.25) is 0 Å². The molecule has 0 saturated heterocycles. The van der Waals surface area contributed by atoms with E-state index in [0.717, 1.165) is 44.6 Å². The van der Waals surface area contributed by atoms with E-state index in [-0.39, 0.29) is 0 Å². The fourth-order valence-corrected chi connectivity index (χ4v) is 3.09. The highest BCUT2D eigenvalue weighted by Crippen LogP contribution is 2.34. The molecule has 2 nitrogen and oxygen atoms in total. The Balaban J connectivity index is 1.99. The monoisotopic (exact) mass is 375 g/mol. The van der Waals surface area contributed by atoms with Gasteiger partial charge in [0.1, 0.15) is 11.5 Å². The van der Waals surface area contributed by atoms with Gasteiger partial charge in [0.05, 0.1) is 15.7 Å². The molecule has 0 aliphatic heterocycles. The van der Waals surface area contributed by atoms with Crippen LogP contribution in [-0.4, -0.2) is 10.9 Å². The Morgan fingerprint density at radius 1 is 1.09 bits per heavy atom. The summed E-state index contributed by atoms with van der Waals surface area (Å²) in [6, 6.07) is 16.0. The molecule has 0 bridgehead atoms. The number of hydrogen-bond acceptors (Lipinski definition) is 2. The van der Waals surface area contributed by atoms with E-state index in [1.165, 1.54) is 0 Å². The minimum atomic E-state index is 0.582. The van der Waals surface area contributed by atoms with Gasteiger partial charge >= 0.3 is 0 Å². The lowest BCUT2D eigenvalue weighted by Gasteiger charge is -2.13. The Morgan fingerprint density at radius 2 is 1.91 bits per heavy atom. The highest BCUT2D eigenvalue weighted by atomic mass is 79.9. The first kappa shape index (κ1) is 15.3. The summed E-state index contributed by atoms with van der Waals surface area (Å²) in [7, 11) is 0. The van der Waals surface area contributed by atoms with Crippen LogP contribution in [0.2, 0.25) is 0 Å². The second kappa shape index (κ2) is 6.67. The average molecular weight is 377 g/mol. The SMILES string of the molecule is Cc1nc2ccccc2cc1Oc1cccc(CCCl)c1Br. The number of hydrogen-bond donors (Lipinski definition) is 0. The van der Waals surface area contributed by atoms with E-state index < -0.39 is 0 Å². The lowest BCUT2D eigenvalue weighted by Crippen LogP contribution is -1.95. The second-order valence-electron chi connectivity index (χ2n) is 5.03. The normalized spacial score (nSPS) is 10.9. The van der Waals surface area contributed by atoms with Gasteiger partial charge in [0, 0.05) is 11.3 Å². The summed E-state index contributed by atoms with van der Waals surface area (Å²) < 4.78 is 7.03. The third-order valence-electron chi connectivity index (χ3n) is 3.50. The number of halogens is 2. The Bertz CT molecular complexity index is 819. The minimum Gasteiger partial charge on any atom is -0.454 e. The van der Waals surface area contributed by atoms with Gasteiger partial charge < -0.3 is 4.74 Å². The highest BCUT2D eigenvalue weighted by molar-refractivity contribution is 9.10. The van der Waals surface area contributed by atoms with Crippen LogP contribution in [0.15, 0.2) is 53.0 Å². The maximum absolute atomic E-state index is 6.08. The first-order chi connectivity index (χ1) is 10.7. The van der Waals surface area contributed by atoms with Crippen LogP contribution in [0.4, 0.5) is 0 Å². The molecule has 3 rings (SSSR count). The van der Waals surface area contributed by atoms with Crippen LogP contribution in [0.5, 0.6) is 11.5 Å². The molecule has 0 spiro atoms. The first-order valence-electron chi connectivity index (χ1n) is 7.06. The largest absolute Gasteiger partial charge is 0.454 e. The zero-order valence-corrected chi connectivity index (χ0v) is 14.5. The van der Waals surface area contributed by atoms with Crippen LogP contribution in [0.25, 0.3) is 10.9 Å². The third kappa shape index (κ3) is 3.11. The van der Waals surface area contributed by atoms with Gasteiger partial charge in [-0.05, 0) is 53.0 Å². The molecular weight excluding hydrogens is 362 g/mol. The van der Waals surface area contributed by atoms with Crippen molar-refractivity contribution in [1.29, 1.82) is 0 Å². The number of para-hydroxylation sites is 1. The number of benzene rings is 2. The van der Waals surface area contributed by atoms with Crippen molar-refractivity contribution in [1.82, 2.24) is 4.98 Å². The smallest absolute Gasteiger partial charge is 0.149 e. The van der Waals surface area contributed by atoms with Gasteiger partial charge in [0.25, 0.3) is 0 Å². The summed E-state index contributed by atoms with van der Waals surface area (Å²) in [4.78, 5) is 4.60. The molecular formula is C18H15BrClNO. The van der Waals surface area contributed by atoms with Crippen molar-refractivity contribution in [3.05, 3.63) is 64.3 Å². The molecule has 0 radical (unpaired) electrons. The minimum absolute atomic E-state index is 0.582. The van der Waals surface area contributed by atoms with E-state index in [9.17, 15) is 0 Å². The van der Waals surface area contributed by atoms with Crippen molar-refractivity contribution >= 4 is 38.4 Å². The molecule has 0 amide bonds. The maximum atomic E-state index is 6.08. The summed E-state index contributed by atoms with van der Waals surface area (Å²) >= 11 is 9.45. The lowest BCUT2D eigenvalue weighted by atomic mass is 10.1. The molecule has 1 heterocycles. The van der Waals surface area contributed by atoms with Crippen LogP contribution in [0.3, 0.4) is 0 Å². The molecule has 0 unspecified atom stereocenters. The Labute approximate surface area is 143 Å². The number of rotatable bonds is 4. The van der Waals surface area contributed by atoms with Crippen molar-refractivity contribution in [2.75, 3.05) is 5.88 Å². The molecule has 22 heavy (non-hydrogen) atoms. The van der Waals surface area contributed by atoms with Crippen LogP contribution < -0.4 is 4.74 Å². The van der Waals surface area contributed by atoms with E-state index in [4.69, 9.17) is 16.3 Å². The van der Waals surface area contributed by atoms with Crippen molar-refractivity contribution in [2.24, 2.45) is 0 Å². The summed E-state index contributed by atoms with van der Waals surface area (Å²) in [6.07, 6.45) is 0.800. The number of pyridine rings is 1. The summed E-state index contributed by atoms with van der Waals surface area (Å²) in [5.74, 6) is 2.13. The summed E-state index contributed by atoms with van der Waals surface area (Å²) in [5.41, 5.74) is 2.98. The molecule has 112 valence electrons. The van der Waals surface area contributed by atoms with E-state index in [0.29, 0.717) is 5.88 Å². The molecule has 0 aliphatic rings. The maximum Gasteiger partial charge on any atom is 0.149 e. The second-order valence-corrected chi connectivity index (χ2v) is 6.21. The molecule has 1 aromatic heterocycles. The third-order valence-corrected chi connectivity index (χ3v) is 4.58. The molecule has 2 aromatic carbocycles. The molecule has 0 fully saturated rings. The van der Waals surface area contributed by atoms with Gasteiger partial charge in [0.15, 0.2) is 0 Å². The molecule has 0 atom stereocenters. The van der Waals surface area contributed by atoms with Gasteiger partial charge in [-0.2, -0.15) is 0 Å². The zero-order valence-electron chi connectivity index (χ0n) is 12.1. The highest BCUT2D eigenvalue weighted by Gasteiger charge is 2.10. The Morgan fingerprint density at radius 3 is 2.73 bits per heavy atom. The van der Waals surface area contributed by atoms with Gasteiger partial charge in [-0.25, -0.2) is 4.98 Å². The predicted molar refractivity (Wildman–Crippen MR) is 95.1 cm³/mol. The van der Waals surface area contributed by atoms with Gasteiger partial charge in [-0.3, -0.25) is 0 Å². The van der Waals surface area contributed by atoms with Crippen LogP contribution in [0, 0.1) is 6.92 Å². The van der Waals surface area contributed by atoms with Gasteiger partial charge in [-0.1, -0.05) is 30.3 Å². The fourth-order valence-electron chi connectivity index (χ4n) is 2.34. The van der Waals surface area contributed by atoms with Crippen LogP contribution in [-0.2, 0) is 6.42 Å². The Hall–Kier alpha value is -1.58. The summed E-state index contributed by atoms with van der Waals surface area (Å²) in [5, 5.41) is 1.07. The number of alkyl halides is 1. The van der Waals surface area contributed by atoms with E-state index >= 15 is 0 Å². The van der Waals surface area contributed by atoms with Gasteiger partial charge in [-0.15, -0.1) is 11.6 Å². The number of nitrogens with zero attached hydrogens (tertiary/aromatic N) is 1. The van der Waals surface area contributed by atoms with Crippen molar-refractivity contribution < 1.29 is 4.74 Å². The first-order valence-corrected chi connectivity index (χ1v) is 8.39. The van der Waals surface area contributed by atoms with E-state index in [1.807, 2.05) is 55.5 Å². The number of fused-ring (bicyclic) bond motifs is 1. The molecule has 4 heteroatoms. The van der Waals surface area contributed by atoms with Crippen molar-refractivity contribution in [3.8, 4) is 11.5 Å².